The fourth-order valence-electron chi connectivity index (χ4n) is 3.77. The van der Waals surface area contributed by atoms with Gasteiger partial charge in [-0.05, 0) is 29.5 Å². The topological polar surface area (TPSA) is 44.8 Å². The monoisotopic (exact) mass is 402 g/mol. The van der Waals surface area contributed by atoms with E-state index in [2.05, 4.69) is 12.1 Å². The third kappa shape index (κ3) is 5.15. The lowest BCUT2D eigenvalue weighted by Gasteiger charge is -2.25. The van der Waals surface area contributed by atoms with Crippen molar-refractivity contribution < 1.29 is 19.0 Å². The van der Waals surface area contributed by atoms with E-state index in [1.807, 2.05) is 78.9 Å². The standard InChI is InChI=1S/C26H26O4/c27-25(24(21-12-6-2-7-13-21)22-14-8-3-9-15-22)30-23(26-28-18-19-29-26)17-16-20-10-4-1-5-11-20/h1-15,23-24,26H,16-19H2/t23-/m1/s1. The molecule has 1 fully saturated rings. The molecule has 0 N–H and O–H groups in total. The molecule has 4 rings (SSSR count). The van der Waals surface area contributed by atoms with Gasteiger partial charge in [-0.25, -0.2) is 0 Å². The van der Waals surface area contributed by atoms with E-state index in [1.54, 1.807) is 0 Å². The van der Waals surface area contributed by atoms with Gasteiger partial charge in [0, 0.05) is 0 Å². The third-order valence-electron chi connectivity index (χ3n) is 5.28. The lowest BCUT2D eigenvalue weighted by Crippen LogP contribution is -2.34. The molecule has 1 saturated heterocycles. The second-order valence-electron chi connectivity index (χ2n) is 7.36. The van der Waals surface area contributed by atoms with E-state index < -0.39 is 18.3 Å². The first-order valence-electron chi connectivity index (χ1n) is 10.4. The molecule has 4 nitrogen and oxygen atoms in total. The van der Waals surface area contributed by atoms with Crippen LogP contribution in [0.5, 0.6) is 0 Å². The second kappa shape index (κ2) is 10.2. The van der Waals surface area contributed by atoms with Gasteiger partial charge < -0.3 is 14.2 Å². The minimum Gasteiger partial charge on any atom is -0.456 e. The SMILES string of the molecule is O=C(O[C@H](CCc1ccccc1)C1OCCO1)C(c1ccccc1)c1ccccc1. The Morgan fingerprint density at radius 2 is 1.30 bits per heavy atom. The van der Waals surface area contributed by atoms with Crippen LogP contribution in [0.25, 0.3) is 0 Å². The van der Waals surface area contributed by atoms with Gasteiger partial charge in [-0.3, -0.25) is 4.79 Å². The molecule has 0 saturated carbocycles. The number of ether oxygens (including phenoxy) is 3. The van der Waals surface area contributed by atoms with Gasteiger partial charge in [0.1, 0.15) is 5.92 Å². The van der Waals surface area contributed by atoms with Crippen LogP contribution in [-0.2, 0) is 25.4 Å². The fourth-order valence-corrected chi connectivity index (χ4v) is 3.77. The van der Waals surface area contributed by atoms with E-state index in [9.17, 15) is 4.79 Å². The van der Waals surface area contributed by atoms with Crippen molar-refractivity contribution in [3.05, 3.63) is 108 Å². The maximum Gasteiger partial charge on any atom is 0.318 e. The summed E-state index contributed by atoms with van der Waals surface area (Å²) >= 11 is 0. The van der Waals surface area contributed by atoms with Crippen LogP contribution in [0.2, 0.25) is 0 Å². The van der Waals surface area contributed by atoms with Gasteiger partial charge in [0.25, 0.3) is 0 Å². The van der Waals surface area contributed by atoms with Crippen LogP contribution in [0, 0.1) is 0 Å². The first-order chi connectivity index (χ1) is 14.8. The maximum absolute atomic E-state index is 13.4. The number of rotatable bonds is 8. The van der Waals surface area contributed by atoms with E-state index in [0.717, 1.165) is 17.5 Å². The number of carbonyl (C=O) groups excluding carboxylic acids is 1. The van der Waals surface area contributed by atoms with Gasteiger partial charge in [0.2, 0.25) is 0 Å². The van der Waals surface area contributed by atoms with Gasteiger partial charge in [-0.2, -0.15) is 0 Å². The predicted molar refractivity (Wildman–Crippen MR) is 115 cm³/mol. The van der Waals surface area contributed by atoms with E-state index in [-0.39, 0.29) is 5.97 Å². The van der Waals surface area contributed by atoms with Crippen LogP contribution >= 0.6 is 0 Å². The molecule has 0 spiro atoms. The van der Waals surface area contributed by atoms with Crippen molar-refractivity contribution >= 4 is 5.97 Å². The van der Waals surface area contributed by atoms with Crippen molar-refractivity contribution in [2.45, 2.75) is 31.2 Å². The Bertz CT molecular complexity index is 866. The summed E-state index contributed by atoms with van der Waals surface area (Å²) < 4.78 is 17.4. The normalized spacial score (nSPS) is 15.2. The predicted octanol–water partition coefficient (Wildman–Crippen LogP) is 4.74. The molecule has 1 heterocycles. The first kappa shape index (κ1) is 20.3. The molecule has 30 heavy (non-hydrogen) atoms. The van der Waals surface area contributed by atoms with Crippen molar-refractivity contribution in [2.75, 3.05) is 13.2 Å². The molecule has 0 amide bonds. The molecule has 0 aliphatic carbocycles. The van der Waals surface area contributed by atoms with E-state index in [4.69, 9.17) is 14.2 Å². The van der Waals surface area contributed by atoms with Crippen molar-refractivity contribution in [3.8, 4) is 0 Å². The Balaban J connectivity index is 1.54. The molecule has 1 aliphatic rings. The van der Waals surface area contributed by atoms with Crippen LogP contribution in [0.15, 0.2) is 91.0 Å². The number of esters is 1. The molecule has 3 aromatic carbocycles. The number of carbonyl (C=O) groups is 1. The lowest BCUT2D eigenvalue weighted by molar-refractivity contribution is -0.175. The highest BCUT2D eigenvalue weighted by Gasteiger charge is 2.33. The molecule has 0 aromatic heterocycles. The summed E-state index contributed by atoms with van der Waals surface area (Å²) in [7, 11) is 0. The summed E-state index contributed by atoms with van der Waals surface area (Å²) in [5.41, 5.74) is 3.01. The van der Waals surface area contributed by atoms with Crippen LogP contribution < -0.4 is 0 Å². The van der Waals surface area contributed by atoms with Crippen LogP contribution in [-0.4, -0.2) is 31.6 Å². The van der Waals surface area contributed by atoms with Crippen LogP contribution in [0.1, 0.15) is 29.0 Å². The van der Waals surface area contributed by atoms with E-state index in [0.29, 0.717) is 19.6 Å². The number of benzene rings is 3. The lowest BCUT2D eigenvalue weighted by atomic mass is 9.91. The molecule has 1 atom stereocenters. The Morgan fingerprint density at radius 3 is 1.83 bits per heavy atom. The van der Waals surface area contributed by atoms with Crippen LogP contribution in [0.4, 0.5) is 0 Å². The smallest absolute Gasteiger partial charge is 0.318 e. The number of hydrogen-bond acceptors (Lipinski definition) is 4. The number of aryl methyl sites for hydroxylation is 1. The third-order valence-corrected chi connectivity index (χ3v) is 5.28. The highest BCUT2D eigenvalue weighted by molar-refractivity contribution is 5.82. The zero-order chi connectivity index (χ0) is 20.6. The molecular formula is C26H26O4. The molecule has 0 radical (unpaired) electrons. The van der Waals surface area contributed by atoms with Gasteiger partial charge in [0.15, 0.2) is 12.4 Å². The first-order valence-corrected chi connectivity index (χ1v) is 10.4. The average molecular weight is 402 g/mol. The fraction of sp³-hybridized carbons (Fsp3) is 0.269. The second-order valence-corrected chi connectivity index (χ2v) is 7.36. The zero-order valence-corrected chi connectivity index (χ0v) is 16.9. The Morgan fingerprint density at radius 1 is 0.800 bits per heavy atom. The molecule has 0 unspecified atom stereocenters. The van der Waals surface area contributed by atoms with Crippen LogP contribution in [0.3, 0.4) is 0 Å². The maximum atomic E-state index is 13.4. The molecule has 0 bridgehead atoms. The Hall–Kier alpha value is -2.95. The Kier molecular flexibility index (Phi) is 6.91. The van der Waals surface area contributed by atoms with Gasteiger partial charge in [-0.1, -0.05) is 91.0 Å². The summed E-state index contributed by atoms with van der Waals surface area (Å²) in [6, 6.07) is 29.7. The van der Waals surface area contributed by atoms with Gasteiger partial charge in [-0.15, -0.1) is 0 Å². The highest BCUT2D eigenvalue weighted by atomic mass is 16.7. The van der Waals surface area contributed by atoms with E-state index in [1.165, 1.54) is 5.56 Å². The quantitative estimate of drug-likeness (QED) is 0.511. The number of hydrogen-bond donors (Lipinski definition) is 0. The minimum absolute atomic E-state index is 0.287. The molecule has 154 valence electrons. The zero-order valence-electron chi connectivity index (χ0n) is 16.9. The largest absolute Gasteiger partial charge is 0.456 e. The molecule has 4 heteroatoms. The van der Waals surface area contributed by atoms with Gasteiger partial charge in [0.05, 0.1) is 13.2 Å². The molecule has 3 aromatic rings. The van der Waals surface area contributed by atoms with Crippen molar-refractivity contribution in [3.63, 3.8) is 0 Å². The van der Waals surface area contributed by atoms with Crippen molar-refractivity contribution in [1.82, 2.24) is 0 Å². The van der Waals surface area contributed by atoms with Crippen molar-refractivity contribution in [1.29, 1.82) is 0 Å². The summed E-state index contributed by atoms with van der Waals surface area (Å²) in [5, 5.41) is 0. The van der Waals surface area contributed by atoms with Crippen molar-refractivity contribution in [2.24, 2.45) is 0 Å². The summed E-state index contributed by atoms with van der Waals surface area (Å²) in [5.74, 6) is -0.780. The average Bonchev–Trinajstić information content (AvgIpc) is 3.34. The van der Waals surface area contributed by atoms with Gasteiger partial charge >= 0.3 is 5.97 Å². The highest BCUT2D eigenvalue weighted by Crippen LogP contribution is 2.28. The summed E-state index contributed by atoms with van der Waals surface area (Å²) in [6.45, 7) is 1.04. The van der Waals surface area contributed by atoms with E-state index >= 15 is 0 Å². The Labute approximate surface area is 177 Å². The minimum atomic E-state index is -0.523. The molecular weight excluding hydrogens is 376 g/mol. The summed E-state index contributed by atoms with van der Waals surface area (Å²) in [6.07, 6.45) is 0.431. The molecule has 1 aliphatic heterocycles. The summed E-state index contributed by atoms with van der Waals surface area (Å²) in [4.78, 5) is 13.4.